The summed E-state index contributed by atoms with van der Waals surface area (Å²) in [6, 6.07) is 46.3. The van der Waals surface area contributed by atoms with E-state index in [1.54, 1.807) is 0 Å². The summed E-state index contributed by atoms with van der Waals surface area (Å²) in [5.74, 6) is 0.766. The van der Waals surface area contributed by atoms with Gasteiger partial charge in [0, 0.05) is 57.6 Å². The zero-order valence-corrected chi connectivity index (χ0v) is 27.9. The summed E-state index contributed by atoms with van der Waals surface area (Å²) >= 11 is 3.73. The van der Waals surface area contributed by atoms with Crippen LogP contribution in [0.15, 0.2) is 127 Å². The summed E-state index contributed by atoms with van der Waals surface area (Å²) in [7, 11) is 0. The van der Waals surface area contributed by atoms with Crippen molar-refractivity contribution in [3.05, 3.63) is 139 Å². The lowest BCUT2D eigenvalue weighted by molar-refractivity contribution is 0.630. The van der Waals surface area contributed by atoms with E-state index in [1.165, 1.54) is 68.2 Å². The molecule has 0 amide bonds. The molecule has 0 unspecified atom stereocenters. The van der Waals surface area contributed by atoms with Crippen LogP contribution in [0.5, 0.6) is 0 Å². The van der Waals surface area contributed by atoms with Crippen molar-refractivity contribution in [1.29, 1.82) is 0 Å². The van der Waals surface area contributed by atoms with Crippen LogP contribution in [0.2, 0.25) is 0 Å². The van der Waals surface area contributed by atoms with Crippen LogP contribution in [0.1, 0.15) is 25.0 Å². The number of hydrogen-bond donors (Lipinski definition) is 0. The lowest BCUT2D eigenvalue weighted by Crippen LogP contribution is -2.26. The molecule has 0 aliphatic carbocycles. The van der Waals surface area contributed by atoms with Crippen molar-refractivity contribution in [2.24, 2.45) is 0 Å². The number of aromatic nitrogens is 3. The largest absolute Gasteiger partial charge is 0.307 e. The first-order chi connectivity index (χ1) is 23.6. The van der Waals surface area contributed by atoms with Gasteiger partial charge in [-0.05, 0) is 47.5 Å². The molecular formula is C43H27N3S2. The van der Waals surface area contributed by atoms with Crippen molar-refractivity contribution in [1.82, 2.24) is 14.5 Å². The lowest BCUT2D eigenvalue weighted by Gasteiger charge is -2.35. The summed E-state index contributed by atoms with van der Waals surface area (Å²) in [6.45, 7) is 4.75. The van der Waals surface area contributed by atoms with Crippen LogP contribution in [0.3, 0.4) is 0 Å². The highest BCUT2D eigenvalue weighted by molar-refractivity contribution is 7.27. The van der Waals surface area contributed by atoms with Crippen LogP contribution in [-0.2, 0) is 5.41 Å². The zero-order valence-electron chi connectivity index (χ0n) is 26.3. The van der Waals surface area contributed by atoms with Gasteiger partial charge in [-0.1, -0.05) is 105 Å². The quantitative estimate of drug-likeness (QED) is 0.187. The molecule has 4 aromatic heterocycles. The maximum absolute atomic E-state index is 5.40. The Hall–Kier alpha value is -5.36. The van der Waals surface area contributed by atoms with Crippen molar-refractivity contribution in [3.8, 4) is 28.3 Å². The molecule has 0 saturated carbocycles. The highest BCUT2D eigenvalue weighted by Crippen LogP contribution is 2.51. The van der Waals surface area contributed by atoms with E-state index < -0.39 is 0 Å². The molecule has 0 N–H and O–H groups in total. The Morgan fingerprint density at radius 1 is 0.542 bits per heavy atom. The molecule has 10 aromatic rings. The van der Waals surface area contributed by atoms with Crippen molar-refractivity contribution < 1.29 is 0 Å². The van der Waals surface area contributed by atoms with Gasteiger partial charge in [0.1, 0.15) is 0 Å². The van der Waals surface area contributed by atoms with Crippen LogP contribution in [0, 0.1) is 0 Å². The molecule has 3 nitrogen and oxygen atoms in total. The number of hydrogen-bond acceptors (Lipinski definition) is 4. The second kappa shape index (κ2) is 9.38. The van der Waals surface area contributed by atoms with Gasteiger partial charge in [0.25, 0.3) is 0 Å². The first-order valence-electron chi connectivity index (χ1n) is 16.3. The van der Waals surface area contributed by atoms with Crippen molar-refractivity contribution in [3.63, 3.8) is 0 Å². The smallest absolute Gasteiger partial charge is 0.161 e. The van der Waals surface area contributed by atoms with Crippen LogP contribution < -0.4 is 0 Å². The molecule has 5 heterocycles. The number of thiophene rings is 2. The minimum Gasteiger partial charge on any atom is -0.307 e. The Morgan fingerprint density at radius 3 is 2.10 bits per heavy atom. The molecule has 1 aliphatic heterocycles. The first-order valence-corrected chi connectivity index (χ1v) is 18.0. The van der Waals surface area contributed by atoms with Gasteiger partial charge in [0.2, 0.25) is 0 Å². The molecule has 48 heavy (non-hydrogen) atoms. The standard InChI is InChI=1S/C43H27N3S2/c1-43(2)31-17-10-15-29-38(31)46(39-28-13-5-8-20-36(28)48-41(29)39)34-22-21-24(23-32(34)43)37-27-12-3-6-18-33(27)44-42(45-37)30-16-9-14-26-25-11-4-7-19-35(25)47-40(26)30/h3-23H,1-2H3. The van der Waals surface area contributed by atoms with E-state index in [0.29, 0.717) is 0 Å². The summed E-state index contributed by atoms with van der Waals surface area (Å²) in [5, 5.41) is 6.26. The molecule has 0 fully saturated rings. The molecule has 226 valence electrons. The third-order valence-electron chi connectivity index (χ3n) is 10.4. The highest BCUT2D eigenvalue weighted by atomic mass is 32.1. The van der Waals surface area contributed by atoms with E-state index in [9.17, 15) is 0 Å². The molecule has 0 bridgehead atoms. The number of benzene rings is 6. The molecule has 0 spiro atoms. The van der Waals surface area contributed by atoms with Crippen LogP contribution in [-0.4, -0.2) is 14.5 Å². The van der Waals surface area contributed by atoms with E-state index in [2.05, 4.69) is 146 Å². The van der Waals surface area contributed by atoms with Crippen molar-refractivity contribution >= 4 is 85.0 Å². The Kier molecular flexibility index (Phi) is 5.21. The monoisotopic (exact) mass is 649 g/mol. The molecule has 1 aliphatic rings. The van der Waals surface area contributed by atoms with Crippen LogP contribution in [0.4, 0.5) is 0 Å². The fraction of sp³-hybridized carbons (Fsp3) is 0.0698. The van der Waals surface area contributed by atoms with Crippen LogP contribution in [0.25, 0.3) is 90.6 Å². The Balaban J connectivity index is 1.18. The second-order valence-electron chi connectivity index (χ2n) is 13.4. The molecule has 11 rings (SSSR count). The van der Waals surface area contributed by atoms with E-state index >= 15 is 0 Å². The summed E-state index contributed by atoms with van der Waals surface area (Å²) in [5.41, 5.74) is 10.5. The van der Waals surface area contributed by atoms with Gasteiger partial charge in [-0.2, -0.15) is 0 Å². The Labute approximate surface area is 284 Å². The third kappa shape index (κ3) is 3.42. The molecule has 0 atom stereocenters. The molecular weight excluding hydrogens is 623 g/mol. The minimum absolute atomic E-state index is 0.203. The maximum Gasteiger partial charge on any atom is 0.161 e. The van der Waals surface area contributed by atoms with Gasteiger partial charge in [-0.25, -0.2) is 9.97 Å². The summed E-state index contributed by atoms with van der Waals surface area (Å²) in [4.78, 5) is 10.6. The van der Waals surface area contributed by atoms with E-state index in [1.807, 2.05) is 22.7 Å². The number of nitrogens with zero attached hydrogens (tertiary/aromatic N) is 3. The molecule has 0 saturated heterocycles. The average molecular weight is 650 g/mol. The van der Waals surface area contributed by atoms with Crippen LogP contribution >= 0.6 is 22.7 Å². The SMILES string of the molecule is CC1(C)c2cc(-c3nc(-c4cccc5c4sc4ccccc45)nc4ccccc34)ccc2-n2c3c1cccc3c1sc3ccccc3c12. The van der Waals surface area contributed by atoms with Gasteiger partial charge in [-0.15, -0.1) is 22.7 Å². The molecule has 5 heteroatoms. The molecule has 6 aromatic carbocycles. The van der Waals surface area contributed by atoms with E-state index in [4.69, 9.17) is 9.97 Å². The summed E-state index contributed by atoms with van der Waals surface area (Å²) < 4.78 is 7.74. The normalized spacial score (nSPS) is 13.8. The average Bonchev–Trinajstić information content (AvgIpc) is 3.79. The van der Waals surface area contributed by atoms with Gasteiger partial charge in [0.15, 0.2) is 5.82 Å². The van der Waals surface area contributed by atoms with Crippen molar-refractivity contribution in [2.75, 3.05) is 0 Å². The lowest BCUT2D eigenvalue weighted by atomic mass is 9.74. The van der Waals surface area contributed by atoms with Gasteiger partial charge < -0.3 is 4.57 Å². The first kappa shape index (κ1) is 26.7. The summed E-state index contributed by atoms with van der Waals surface area (Å²) in [6.07, 6.45) is 0. The predicted octanol–water partition coefficient (Wildman–Crippen LogP) is 12.3. The highest BCUT2D eigenvalue weighted by Gasteiger charge is 2.36. The topological polar surface area (TPSA) is 30.7 Å². The zero-order chi connectivity index (χ0) is 31.7. The fourth-order valence-corrected chi connectivity index (χ4v) is 10.6. The van der Waals surface area contributed by atoms with E-state index in [0.717, 1.165) is 33.5 Å². The predicted molar refractivity (Wildman–Crippen MR) is 205 cm³/mol. The Bertz CT molecular complexity index is 2990. The Morgan fingerprint density at radius 2 is 1.23 bits per heavy atom. The van der Waals surface area contributed by atoms with Gasteiger partial charge in [-0.3, -0.25) is 0 Å². The fourth-order valence-electron chi connectivity index (χ4n) is 8.13. The van der Waals surface area contributed by atoms with Gasteiger partial charge >= 0.3 is 0 Å². The minimum atomic E-state index is -0.203. The number of rotatable bonds is 2. The van der Waals surface area contributed by atoms with E-state index in [-0.39, 0.29) is 5.41 Å². The second-order valence-corrected chi connectivity index (χ2v) is 15.5. The number of para-hydroxylation sites is 2. The maximum atomic E-state index is 5.40. The third-order valence-corrected chi connectivity index (χ3v) is 12.8. The molecule has 0 radical (unpaired) electrons. The number of fused-ring (bicyclic) bond motifs is 11. The van der Waals surface area contributed by atoms with Crippen molar-refractivity contribution in [2.45, 2.75) is 19.3 Å². The van der Waals surface area contributed by atoms with Gasteiger partial charge in [0.05, 0.1) is 32.6 Å².